The lowest BCUT2D eigenvalue weighted by Crippen LogP contribution is -2.27. The summed E-state index contributed by atoms with van der Waals surface area (Å²) in [4.78, 5) is 25.5. The zero-order valence-electron chi connectivity index (χ0n) is 15.1. The van der Waals surface area contributed by atoms with Gasteiger partial charge in [0, 0.05) is 17.5 Å². The van der Waals surface area contributed by atoms with Crippen LogP contribution in [0.4, 0.5) is 5.82 Å². The Balaban J connectivity index is 1.58. The molecule has 28 heavy (non-hydrogen) atoms. The van der Waals surface area contributed by atoms with E-state index in [0.29, 0.717) is 28.4 Å². The first kappa shape index (κ1) is 16.6. The van der Waals surface area contributed by atoms with E-state index in [1.54, 1.807) is 18.2 Å². The maximum Gasteiger partial charge on any atom is 0.231 e. The third-order valence-electron chi connectivity index (χ3n) is 5.11. The van der Waals surface area contributed by atoms with Crippen LogP contribution >= 0.6 is 0 Å². The molecule has 0 radical (unpaired) electrons. The van der Waals surface area contributed by atoms with Crippen LogP contribution in [0.5, 0.6) is 11.5 Å². The molecular weight excluding hydrogens is 358 g/mol. The minimum Gasteiger partial charge on any atom is -0.454 e. The molecule has 1 amide bonds. The lowest BCUT2D eigenvalue weighted by atomic mass is 9.84. The first-order chi connectivity index (χ1) is 13.6. The van der Waals surface area contributed by atoms with Gasteiger partial charge in [0.2, 0.25) is 12.7 Å². The van der Waals surface area contributed by atoms with Gasteiger partial charge >= 0.3 is 0 Å². The molecule has 2 N–H and O–H groups in total. The van der Waals surface area contributed by atoms with Gasteiger partial charge in [0.1, 0.15) is 0 Å². The Morgan fingerprint density at radius 2 is 1.89 bits per heavy atom. The Kier molecular flexibility index (Phi) is 3.68. The van der Waals surface area contributed by atoms with Crippen LogP contribution in [0.15, 0.2) is 42.5 Å². The van der Waals surface area contributed by atoms with Crippen molar-refractivity contribution in [2.45, 2.75) is 19.3 Å². The molecule has 0 spiro atoms. The Hall–Kier alpha value is -3.61. The van der Waals surface area contributed by atoms with Crippen LogP contribution in [0.2, 0.25) is 0 Å². The van der Waals surface area contributed by atoms with Crippen LogP contribution in [0, 0.1) is 6.92 Å². The monoisotopic (exact) mass is 375 g/mol. The van der Waals surface area contributed by atoms with Crippen molar-refractivity contribution in [2.75, 3.05) is 12.1 Å². The average molecular weight is 375 g/mol. The fraction of sp³-hybridized carbons (Fsp3) is 0.190. The largest absolute Gasteiger partial charge is 0.454 e. The standard InChI is InChI=1S/C21H17N3O4/c1-11-2-4-12(5-3-11)19-18-14(9-17(25)22-21(18)24-23-19)20(26)13-6-7-15-16(8-13)28-10-27-15/h2-8,14H,9-10H2,1H3,(H2,22,23,24,25)/t14-/m0/s1. The number of aromatic amines is 1. The number of hydrogen-bond donors (Lipinski definition) is 2. The fourth-order valence-electron chi connectivity index (χ4n) is 3.67. The number of ketones is 1. The Bertz CT molecular complexity index is 1100. The van der Waals surface area contributed by atoms with Crippen LogP contribution in [-0.2, 0) is 4.79 Å². The van der Waals surface area contributed by atoms with E-state index in [1.165, 1.54) is 0 Å². The van der Waals surface area contributed by atoms with Crippen molar-refractivity contribution in [1.82, 2.24) is 10.2 Å². The van der Waals surface area contributed by atoms with Crippen molar-refractivity contribution in [2.24, 2.45) is 0 Å². The van der Waals surface area contributed by atoms with Crippen molar-refractivity contribution in [3.63, 3.8) is 0 Å². The predicted octanol–water partition coefficient (Wildman–Crippen LogP) is 3.42. The number of hydrogen-bond acceptors (Lipinski definition) is 5. The molecule has 7 nitrogen and oxygen atoms in total. The minimum absolute atomic E-state index is 0.0681. The van der Waals surface area contributed by atoms with Gasteiger partial charge in [-0.3, -0.25) is 14.7 Å². The number of carbonyl (C=O) groups is 2. The predicted molar refractivity (Wildman–Crippen MR) is 102 cm³/mol. The maximum absolute atomic E-state index is 13.3. The number of H-pyrrole nitrogens is 1. The van der Waals surface area contributed by atoms with Crippen LogP contribution in [0.1, 0.15) is 33.8 Å². The maximum atomic E-state index is 13.3. The van der Waals surface area contributed by atoms with Crippen molar-refractivity contribution in [3.05, 3.63) is 59.2 Å². The first-order valence-electron chi connectivity index (χ1n) is 8.99. The third kappa shape index (κ3) is 2.63. The average Bonchev–Trinajstić information content (AvgIpc) is 3.33. The normalized spacial score (nSPS) is 17.2. The van der Waals surface area contributed by atoms with Gasteiger partial charge in [0.25, 0.3) is 0 Å². The second kappa shape index (κ2) is 6.23. The minimum atomic E-state index is -0.626. The summed E-state index contributed by atoms with van der Waals surface area (Å²) < 4.78 is 10.7. The van der Waals surface area contributed by atoms with Gasteiger partial charge in [0.05, 0.1) is 11.6 Å². The molecule has 1 aromatic heterocycles. The topological polar surface area (TPSA) is 93.3 Å². The lowest BCUT2D eigenvalue weighted by molar-refractivity contribution is -0.116. The van der Waals surface area contributed by atoms with E-state index in [9.17, 15) is 9.59 Å². The second-order valence-electron chi connectivity index (χ2n) is 6.96. The summed E-state index contributed by atoms with van der Waals surface area (Å²) in [7, 11) is 0. The number of anilines is 1. The van der Waals surface area contributed by atoms with Gasteiger partial charge in [0.15, 0.2) is 23.1 Å². The quantitative estimate of drug-likeness (QED) is 0.684. The number of carbonyl (C=O) groups excluding carboxylic acids is 2. The summed E-state index contributed by atoms with van der Waals surface area (Å²) in [6, 6.07) is 13.0. The highest BCUT2D eigenvalue weighted by Gasteiger charge is 2.36. The summed E-state index contributed by atoms with van der Waals surface area (Å²) in [6.45, 7) is 2.15. The number of aromatic nitrogens is 2. The van der Waals surface area contributed by atoms with E-state index >= 15 is 0 Å². The van der Waals surface area contributed by atoms with Crippen molar-refractivity contribution < 1.29 is 19.1 Å². The fourth-order valence-corrected chi connectivity index (χ4v) is 3.67. The van der Waals surface area contributed by atoms with Crippen LogP contribution in [0.3, 0.4) is 0 Å². The number of rotatable bonds is 3. The second-order valence-corrected chi connectivity index (χ2v) is 6.96. The molecule has 0 saturated carbocycles. The van der Waals surface area contributed by atoms with Gasteiger partial charge in [-0.05, 0) is 30.7 Å². The molecule has 0 bridgehead atoms. The first-order valence-corrected chi connectivity index (χ1v) is 8.99. The van der Waals surface area contributed by atoms with Crippen LogP contribution in [0.25, 0.3) is 11.3 Å². The molecule has 0 fully saturated rings. The van der Waals surface area contributed by atoms with E-state index in [0.717, 1.165) is 16.8 Å². The van der Waals surface area contributed by atoms with E-state index in [2.05, 4.69) is 15.5 Å². The van der Waals surface area contributed by atoms with Gasteiger partial charge in [-0.2, -0.15) is 5.10 Å². The van der Waals surface area contributed by atoms with Crippen LogP contribution < -0.4 is 14.8 Å². The molecule has 2 aromatic carbocycles. The number of ether oxygens (including phenoxy) is 2. The van der Waals surface area contributed by atoms with Gasteiger partial charge in [-0.1, -0.05) is 29.8 Å². The number of Topliss-reactive ketones (excluding diaryl/α,β-unsaturated/α-hetero) is 1. The number of nitrogens with one attached hydrogen (secondary N) is 2. The highest BCUT2D eigenvalue weighted by Crippen LogP contribution is 2.41. The number of nitrogens with zero attached hydrogens (tertiary/aromatic N) is 1. The highest BCUT2D eigenvalue weighted by molar-refractivity contribution is 6.09. The lowest BCUT2D eigenvalue weighted by Gasteiger charge is -2.22. The van der Waals surface area contributed by atoms with Crippen molar-refractivity contribution in [1.29, 1.82) is 0 Å². The molecule has 2 aliphatic heterocycles. The van der Waals surface area contributed by atoms with E-state index in [4.69, 9.17) is 9.47 Å². The molecule has 5 rings (SSSR count). The highest BCUT2D eigenvalue weighted by atomic mass is 16.7. The smallest absolute Gasteiger partial charge is 0.231 e. The summed E-state index contributed by atoms with van der Waals surface area (Å²) in [5.41, 5.74) is 3.99. The summed E-state index contributed by atoms with van der Waals surface area (Å²) in [5, 5.41) is 9.99. The molecule has 0 saturated heterocycles. The van der Waals surface area contributed by atoms with Gasteiger partial charge < -0.3 is 14.8 Å². The molecule has 0 aliphatic carbocycles. The zero-order valence-corrected chi connectivity index (χ0v) is 15.1. The van der Waals surface area contributed by atoms with E-state index in [-0.39, 0.29) is 24.9 Å². The molecule has 1 atom stereocenters. The zero-order chi connectivity index (χ0) is 19.3. The third-order valence-corrected chi connectivity index (χ3v) is 5.11. The Morgan fingerprint density at radius 1 is 1.11 bits per heavy atom. The SMILES string of the molecule is Cc1ccc(-c2[nH]nc3c2[C@@H](C(=O)c2ccc4c(c2)OCO4)CC(=O)N3)cc1. The molecular formula is C21H17N3O4. The van der Waals surface area contributed by atoms with E-state index < -0.39 is 5.92 Å². The summed E-state index contributed by atoms with van der Waals surface area (Å²) in [5.74, 6) is 0.558. The van der Waals surface area contributed by atoms with E-state index in [1.807, 2.05) is 31.2 Å². The van der Waals surface area contributed by atoms with Crippen molar-refractivity contribution >= 4 is 17.5 Å². The molecule has 2 aliphatic rings. The molecule has 140 valence electrons. The Morgan fingerprint density at radius 3 is 2.71 bits per heavy atom. The van der Waals surface area contributed by atoms with Gasteiger partial charge in [-0.15, -0.1) is 0 Å². The number of aryl methyl sites for hydroxylation is 1. The molecule has 0 unspecified atom stereocenters. The number of amides is 1. The molecule has 3 heterocycles. The number of benzene rings is 2. The number of fused-ring (bicyclic) bond motifs is 2. The van der Waals surface area contributed by atoms with Gasteiger partial charge in [-0.25, -0.2) is 0 Å². The summed E-state index contributed by atoms with van der Waals surface area (Å²) in [6.07, 6.45) is 0.0681. The Labute approximate surface area is 160 Å². The van der Waals surface area contributed by atoms with Crippen molar-refractivity contribution in [3.8, 4) is 22.8 Å². The molecule has 7 heteroatoms. The summed E-state index contributed by atoms with van der Waals surface area (Å²) >= 11 is 0. The molecule has 3 aromatic rings. The van der Waals surface area contributed by atoms with Crippen LogP contribution in [-0.4, -0.2) is 28.7 Å².